The smallest absolute Gasteiger partial charge is 0.317 e. The topological polar surface area (TPSA) is 67.9 Å². The van der Waals surface area contributed by atoms with Crippen molar-refractivity contribution in [3.8, 4) is 5.75 Å². The summed E-state index contributed by atoms with van der Waals surface area (Å²) in [5.41, 5.74) is 0. The van der Waals surface area contributed by atoms with Gasteiger partial charge in [-0.25, -0.2) is 9.18 Å². The monoisotopic (exact) mass is 366 g/mol. The molecule has 0 radical (unpaired) electrons. The van der Waals surface area contributed by atoms with Gasteiger partial charge in [-0.1, -0.05) is 0 Å². The van der Waals surface area contributed by atoms with Gasteiger partial charge in [0.05, 0.1) is 19.1 Å². The number of halogens is 1. The van der Waals surface area contributed by atoms with Crippen LogP contribution in [0.25, 0.3) is 0 Å². The van der Waals surface area contributed by atoms with E-state index in [1.165, 1.54) is 12.1 Å². The first-order valence-electron chi connectivity index (χ1n) is 9.18. The molecular weight excluding hydrogens is 339 g/mol. The summed E-state index contributed by atoms with van der Waals surface area (Å²) in [4.78, 5) is 25.6. The van der Waals surface area contributed by atoms with E-state index in [0.717, 1.165) is 12.8 Å². The molecule has 2 amide bonds. The number of carbonyl (C=O) groups excluding carboxylic acids is 2. The molecule has 1 aliphatic heterocycles. The van der Waals surface area contributed by atoms with Crippen molar-refractivity contribution in [3.05, 3.63) is 30.1 Å². The Morgan fingerprint density at radius 1 is 1.19 bits per heavy atom. The normalized spacial score (nSPS) is 14.8. The lowest BCUT2D eigenvalue weighted by atomic mass is 9.97. The highest BCUT2D eigenvalue weighted by Gasteiger charge is 2.27. The third kappa shape index (κ3) is 6.54. The number of benzene rings is 1. The van der Waals surface area contributed by atoms with Crippen LogP contribution < -0.4 is 10.1 Å². The standard InChI is InChI=1S/C19H27FN2O4/c1-2-25-18(23)15-9-12-22(13-10-15)19(24)21-11-3-4-14-26-17-7-5-16(20)6-8-17/h5-8,15H,2-4,9-14H2,1H3,(H,21,24). The highest BCUT2D eigenvalue weighted by atomic mass is 19.1. The van der Waals surface area contributed by atoms with E-state index in [1.807, 2.05) is 0 Å². The highest BCUT2D eigenvalue weighted by molar-refractivity contribution is 5.76. The van der Waals surface area contributed by atoms with Gasteiger partial charge in [-0.2, -0.15) is 0 Å². The summed E-state index contributed by atoms with van der Waals surface area (Å²) in [7, 11) is 0. The number of nitrogens with one attached hydrogen (secondary N) is 1. The average molecular weight is 366 g/mol. The van der Waals surface area contributed by atoms with E-state index in [4.69, 9.17) is 9.47 Å². The van der Waals surface area contributed by atoms with Gasteiger partial charge in [0.15, 0.2) is 0 Å². The number of rotatable bonds is 8. The van der Waals surface area contributed by atoms with E-state index in [-0.39, 0.29) is 23.7 Å². The van der Waals surface area contributed by atoms with Crippen molar-refractivity contribution in [1.82, 2.24) is 10.2 Å². The lowest BCUT2D eigenvalue weighted by molar-refractivity contribution is -0.149. The third-order valence-corrected chi connectivity index (χ3v) is 4.33. The second-order valence-corrected chi connectivity index (χ2v) is 6.25. The molecule has 1 heterocycles. The SMILES string of the molecule is CCOC(=O)C1CCN(C(=O)NCCCCOc2ccc(F)cc2)CC1. The molecule has 0 aliphatic carbocycles. The molecule has 0 bridgehead atoms. The Morgan fingerprint density at radius 2 is 1.88 bits per heavy atom. The Morgan fingerprint density at radius 3 is 2.54 bits per heavy atom. The minimum atomic E-state index is -0.286. The minimum Gasteiger partial charge on any atom is -0.494 e. The minimum absolute atomic E-state index is 0.0910. The summed E-state index contributed by atoms with van der Waals surface area (Å²) in [6.07, 6.45) is 2.89. The van der Waals surface area contributed by atoms with E-state index < -0.39 is 0 Å². The van der Waals surface area contributed by atoms with Crippen LogP contribution in [0.5, 0.6) is 5.75 Å². The van der Waals surface area contributed by atoms with Crippen LogP contribution in [0, 0.1) is 11.7 Å². The number of hydrogen-bond acceptors (Lipinski definition) is 4. The van der Waals surface area contributed by atoms with Gasteiger partial charge < -0.3 is 19.7 Å². The van der Waals surface area contributed by atoms with Crippen molar-refractivity contribution in [1.29, 1.82) is 0 Å². The molecule has 0 aromatic heterocycles. The molecule has 1 saturated heterocycles. The molecule has 26 heavy (non-hydrogen) atoms. The summed E-state index contributed by atoms with van der Waals surface area (Å²) < 4.78 is 23.3. The van der Waals surface area contributed by atoms with E-state index in [9.17, 15) is 14.0 Å². The third-order valence-electron chi connectivity index (χ3n) is 4.33. The quantitative estimate of drug-likeness (QED) is 0.567. The number of ether oxygens (including phenoxy) is 2. The fourth-order valence-electron chi connectivity index (χ4n) is 2.83. The van der Waals surface area contributed by atoms with E-state index in [0.29, 0.717) is 51.4 Å². The first-order chi connectivity index (χ1) is 12.6. The van der Waals surface area contributed by atoms with Crippen molar-refractivity contribution >= 4 is 12.0 Å². The summed E-state index contributed by atoms with van der Waals surface area (Å²) in [5, 5.41) is 2.89. The fraction of sp³-hybridized carbons (Fsp3) is 0.579. The molecule has 1 fully saturated rings. The molecule has 144 valence electrons. The van der Waals surface area contributed by atoms with Crippen LogP contribution in [0.15, 0.2) is 24.3 Å². The van der Waals surface area contributed by atoms with Gasteiger partial charge in [-0.3, -0.25) is 4.79 Å². The highest BCUT2D eigenvalue weighted by Crippen LogP contribution is 2.18. The molecule has 1 aromatic rings. The van der Waals surface area contributed by atoms with Crippen LogP contribution >= 0.6 is 0 Å². The Kier molecular flexibility index (Phi) is 8.18. The largest absolute Gasteiger partial charge is 0.494 e. The second kappa shape index (κ2) is 10.6. The number of carbonyl (C=O) groups is 2. The van der Waals surface area contributed by atoms with Crippen molar-refractivity contribution in [2.45, 2.75) is 32.6 Å². The zero-order chi connectivity index (χ0) is 18.8. The van der Waals surface area contributed by atoms with Crippen molar-refractivity contribution < 1.29 is 23.5 Å². The van der Waals surface area contributed by atoms with Crippen LogP contribution in [-0.4, -0.2) is 49.7 Å². The van der Waals surface area contributed by atoms with Crippen LogP contribution in [0.2, 0.25) is 0 Å². The van der Waals surface area contributed by atoms with Gasteiger partial charge >= 0.3 is 12.0 Å². The number of urea groups is 1. The van der Waals surface area contributed by atoms with Gasteiger partial charge in [-0.05, 0) is 56.9 Å². The number of nitrogens with zero attached hydrogens (tertiary/aromatic N) is 1. The molecule has 0 atom stereocenters. The zero-order valence-corrected chi connectivity index (χ0v) is 15.2. The van der Waals surface area contributed by atoms with E-state index in [1.54, 1.807) is 24.0 Å². The fourth-order valence-corrected chi connectivity index (χ4v) is 2.83. The Labute approximate surface area is 153 Å². The van der Waals surface area contributed by atoms with Gasteiger partial charge in [-0.15, -0.1) is 0 Å². The predicted octanol–water partition coefficient (Wildman–Crippen LogP) is 2.97. The van der Waals surface area contributed by atoms with Gasteiger partial charge in [0.2, 0.25) is 0 Å². The number of likely N-dealkylation sites (tertiary alicyclic amines) is 1. The van der Waals surface area contributed by atoms with Crippen molar-refractivity contribution in [3.63, 3.8) is 0 Å². The van der Waals surface area contributed by atoms with Crippen LogP contribution in [-0.2, 0) is 9.53 Å². The first-order valence-corrected chi connectivity index (χ1v) is 9.18. The average Bonchev–Trinajstić information content (AvgIpc) is 2.66. The molecule has 2 rings (SSSR count). The Balaban J connectivity index is 1.54. The molecule has 6 nitrogen and oxygen atoms in total. The molecule has 1 aliphatic rings. The summed E-state index contributed by atoms with van der Waals surface area (Å²) in [6.45, 7) is 4.43. The van der Waals surface area contributed by atoms with Crippen LogP contribution in [0.1, 0.15) is 32.6 Å². The Bertz CT molecular complexity index is 571. The maximum Gasteiger partial charge on any atom is 0.317 e. The molecular formula is C19H27FN2O4. The maximum absolute atomic E-state index is 12.8. The molecule has 0 unspecified atom stereocenters. The van der Waals surface area contributed by atoms with E-state index >= 15 is 0 Å². The Hall–Kier alpha value is -2.31. The molecule has 0 spiro atoms. The second-order valence-electron chi connectivity index (χ2n) is 6.25. The summed E-state index contributed by atoms with van der Waals surface area (Å²) >= 11 is 0. The lowest BCUT2D eigenvalue weighted by Gasteiger charge is -2.30. The predicted molar refractivity (Wildman–Crippen MR) is 95.5 cm³/mol. The molecule has 1 aromatic carbocycles. The maximum atomic E-state index is 12.8. The van der Waals surface area contributed by atoms with Gasteiger partial charge in [0.25, 0.3) is 0 Å². The lowest BCUT2D eigenvalue weighted by Crippen LogP contribution is -2.45. The number of esters is 1. The number of piperidine rings is 1. The molecule has 7 heteroatoms. The van der Waals surface area contributed by atoms with Crippen molar-refractivity contribution in [2.75, 3.05) is 32.8 Å². The van der Waals surface area contributed by atoms with Crippen molar-refractivity contribution in [2.24, 2.45) is 5.92 Å². The van der Waals surface area contributed by atoms with Gasteiger partial charge in [0.1, 0.15) is 11.6 Å². The van der Waals surface area contributed by atoms with Crippen LogP contribution in [0.4, 0.5) is 9.18 Å². The molecule has 1 N–H and O–H groups in total. The number of hydrogen-bond donors (Lipinski definition) is 1. The van der Waals surface area contributed by atoms with Crippen LogP contribution in [0.3, 0.4) is 0 Å². The first kappa shape index (κ1) is 20.0. The van der Waals surface area contributed by atoms with E-state index in [2.05, 4.69) is 5.32 Å². The molecule has 0 saturated carbocycles. The number of unbranched alkanes of at least 4 members (excludes halogenated alkanes) is 1. The number of amides is 2. The summed E-state index contributed by atoms with van der Waals surface area (Å²) in [6, 6.07) is 5.82. The zero-order valence-electron chi connectivity index (χ0n) is 15.2. The van der Waals surface area contributed by atoms with Gasteiger partial charge in [0, 0.05) is 19.6 Å². The summed E-state index contributed by atoms with van der Waals surface area (Å²) in [5.74, 6) is 0.0996.